The lowest BCUT2D eigenvalue weighted by Crippen LogP contribution is -2.22. The van der Waals surface area contributed by atoms with Gasteiger partial charge in [-0.15, -0.1) is 0 Å². The Bertz CT molecular complexity index is 1200. The van der Waals surface area contributed by atoms with Crippen LogP contribution < -0.4 is 10.0 Å². The van der Waals surface area contributed by atoms with Crippen molar-refractivity contribution in [1.82, 2.24) is 9.78 Å². The lowest BCUT2D eigenvalue weighted by Gasteiger charge is -2.23. The minimum Gasteiger partial charge on any atom is -0.372 e. The van der Waals surface area contributed by atoms with Crippen molar-refractivity contribution in [3.63, 3.8) is 0 Å². The van der Waals surface area contributed by atoms with E-state index < -0.39 is 21.9 Å². The first-order valence-electron chi connectivity index (χ1n) is 9.62. The summed E-state index contributed by atoms with van der Waals surface area (Å²) >= 11 is 0. The molecule has 0 aliphatic rings. The van der Waals surface area contributed by atoms with Crippen LogP contribution in [0.1, 0.15) is 25.1 Å². The number of hydrogen-bond acceptors (Lipinski definition) is 4. The van der Waals surface area contributed by atoms with E-state index in [1.807, 2.05) is 26.8 Å². The third-order valence-electron chi connectivity index (χ3n) is 5.00. The molecule has 166 valence electrons. The molecule has 0 atom stereocenters. The van der Waals surface area contributed by atoms with Gasteiger partial charge in [0.15, 0.2) is 5.69 Å². The molecule has 0 radical (unpaired) electrons. The van der Waals surface area contributed by atoms with Gasteiger partial charge in [0, 0.05) is 24.3 Å². The van der Waals surface area contributed by atoms with Gasteiger partial charge in [0.05, 0.1) is 11.4 Å². The van der Waals surface area contributed by atoms with Crippen LogP contribution in [0.4, 0.5) is 18.9 Å². The Hall–Kier alpha value is -2.85. The summed E-state index contributed by atoms with van der Waals surface area (Å²) in [4.78, 5) is 1.82. The van der Waals surface area contributed by atoms with Crippen LogP contribution in [-0.2, 0) is 16.2 Å². The second kappa shape index (κ2) is 8.35. The van der Waals surface area contributed by atoms with Crippen molar-refractivity contribution in [2.75, 3.05) is 18.0 Å². The Morgan fingerprint density at radius 3 is 2.26 bits per heavy atom. The van der Waals surface area contributed by atoms with Gasteiger partial charge >= 0.3 is 6.18 Å². The van der Waals surface area contributed by atoms with E-state index in [0.717, 1.165) is 35.1 Å². The quantitative estimate of drug-likeness (QED) is 0.603. The van der Waals surface area contributed by atoms with Crippen LogP contribution in [0.5, 0.6) is 0 Å². The van der Waals surface area contributed by atoms with E-state index in [9.17, 15) is 21.6 Å². The van der Waals surface area contributed by atoms with Crippen molar-refractivity contribution in [2.45, 2.75) is 31.8 Å². The second-order valence-electron chi connectivity index (χ2n) is 7.01. The fourth-order valence-corrected chi connectivity index (χ4v) is 4.23. The van der Waals surface area contributed by atoms with Crippen molar-refractivity contribution in [2.24, 2.45) is 5.14 Å². The number of rotatable bonds is 6. The lowest BCUT2D eigenvalue weighted by atomic mass is 10.1. The van der Waals surface area contributed by atoms with Crippen molar-refractivity contribution in [3.8, 4) is 16.9 Å². The Morgan fingerprint density at radius 1 is 1.06 bits per heavy atom. The minimum absolute atomic E-state index is 0.0547. The molecule has 2 aromatic carbocycles. The summed E-state index contributed by atoms with van der Waals surface area (Å²) in [6.07, 6.45) is -4.70. The molecule has 31 heavy (non-hydrogen) atoms. The maximum Gasteiger partial charge on any atom is 0.435 e. The molecule has 0 amide bonds. The van der Waals surface area contributed by atoms with Crippen molar-refractivity contribution < 1.29 is 21.6 Å². The van der Waals surface area contributed by atoms with E-state index in [0.29, 0.717) is 5.56 Å². The monoisotopic (exact) mass is 452 g/mol. The molecular formula is C21H23F3N4O2S. The van der Waals surface area contributed by atoms with Crippen LogP contribution in [0.3, 0.4) is 0 Å². The first-order chi connectivity index (χ1) is 14.5. The highest BCUT2D eigenvalue weighted by atomic mass is 32.2. The topological polar surface area (TPSA) is 81.2 Å². The van der Waals surface area contributed by atoms with Gasteiger partial charge in [-0.2, -0.15) is 18.3 Å². The molecule has 0 fully saturated rings. The highest BCUT2D eigenvalue weighted by molar-refractivity contribution is 7.89. The number of aromatic nitrogens is 2. The number of primary sulfonamides is 1. The number of nitrogens with zero attached hydrogens (tertiary/aromatic N) is 3. The summed E-state index contributed by atoms with van der Waals surface area (Å²) in [5.41, 5.74) is 1.25. The molecule has 3 aromatic rings. The van der Waals surface area contributed by atoms with E-state index in [-0.39, 0.29) is 16.3 Å². The fourth-order valence-electron chi connectivity index (χ4n) is 3.52. The Kier molecular flexibility index (Phi) is 6.15. The van der Waals surface area contributed by atoms with Gasteiger partial charge in [0.1, 0.15) is 4.90 Å². The zero-order valence-corrected chi connectivity index (χ0v) is 18.1. The fraction of sp³-hybridized carbons (Fsp3) is 0.286. The van der Waals surface area contributed by atoms with Crippen LogP contribution in [0.15, 0.2) is 53.4 Å². The number of nitrogens with two attached hydrogens (primary N) is 1. The van der Waals surface area contributed by atoms with Gasteiger partial charge in [-0.1, -0.05) is 18.2 Å². The number of alkyl halides is 3. The molecule has 0 saturated carbocycles. The normalized spacial score (nSPS) is 12.2. The smallest absolute Gasteiger partial charge is 0.372 e. The Balaban J connectivity index is 2.26. The average molecular weight is 453 g/mol. The third kappa shape index (κ3) is 4.59. The molecule has 2 N–H and O–H groups in total. The maximum absolute atomic E-state index is 13.5. The summed E-state index contributed by atoms with van der Waals surface area (Å²) < 4.78 is 65.4. The molecule has 6 nitrogen and oxygen atoms in total. The molecular weight excluding hydrogens is 429 g/mol. The molecule has 0 spiro atoms. The van der Waals surface area contributed by atoms with Crippen molar-refractivity contribution in [3.05, 3.63) is 59.8 Å². The van der Waals surface area contributed by atoms with Gasteiger partial charge in [-0.3, -0.25) is 0 Å². The number of halogens is 3. The third-order valence-corrected chi connectivity index (χ3v) is 5.95. The summed E-state index contributed by atoms with van der Waals surface area (Å²) in [6, 6.07) is 11.8. The van der Waals surface area contributed by atoms with Crippen LogP contribution >= 0.6 is 0 Å². The van der Waals surface area contributed by atoms with E-state index in [2.05, 4.69) is 10.00 Å². The number of sulfonamides is 1. The lowest BCUT2D eigenvalue weighted by molar-refractivity contribution is -0.141. The molecule has 0 saturated heterocycles. The molecule has 0 unspecified atom stereocenters. The van der Waals surface area contributed by atoms with Gasteiger partial charge < -0.3 is 4.90 Å². The second-order valence-corrected chi connectivity index (χ2v) is 8.54. The van der Waals surface area contributed by atoms with E-state index in [1.54, 1.807) is 12.1 Å². The molecule has 0 aliphatic heterocycles. The van der Waals surface area contributed by atoms with Crippen LogP contribution in [0, 0.1) is 6.92 Å². The summed E-state index contributed by atoms with van der Waals surface area (Å²) in [5.74, 6) is 0. The Morgan fingerprint density at radius 2 is 1.71 bits per heavy atom. The van der Waals surface area contributed by atoms with E-state index >= 15 is 0 Å². The van der Waals surface area contributed by atoms with Crippen molar-refractivity contribution in [1.29, 1.82) is 0 Å². The number of anilines is 1. The standard InChI is InChI=1S/C21H23F3N4O2S/c1-4-27(5-2)16-11-10-15(12-14(16)3)18-13-20(21(22,23)24)26-28(18)17-8-6-7-9-19(17)31(25,29)30/h6-13H,4-5H2,1-3H3,(H2,25,29,30). The highest BCUT2D eigenvalue weighted by Gasteiger charge is 2.36. The SMILES string of the molecule is CCN(CC)c1ccc(-c2cc(C(F)(F)F)nn2-c2ccccc2S(N)(=O)=O)cc1C. The minimum atomic E-state index is -4.70. The predicted octanol–water partition coefficient (Wildman–Crippen LogP) is 4.36. The van der Waals surface area contributed by atoms with Crippen molar-refractivity contribution >= 4 is 15.7 Å². The average Bonchev–Trinajstić information content (AvgIpc) is 3.15. The summed E-state index contributed by atoms with van der Waals surface area (Å²) in [6.45, 7) is 7.49. The zero-order valence-electron chi connectivity index (χ0n) is 17.3. The maximum atomic E-state index is 13.5. The molecule has 3 rings (SSSR count). The van der Waals surface area contributed by atoms with Crippen LogP contribution in [0.25, 0.3) is 16.9 Å². The van der Waals surface area contributed by atoms with Crippen LogP contribution in [-0.4, -0.2) is 31.3 Å². The number of aryl methyl sites for hydroxylation is 1. The molecule has 0 bridgehead atoms. The number of benzene rings is 2. The highest BCUT2D eigenvalue weighted by Crippen LogP contribution is 2.35. The van der Waals surface area contributed by atoms with Gasteiger partial charge in [0.25, 0.3) is 0 Å². The molecule has 1 aromatic heterocycles. The first kappa shape index (κ1) is 22.8. The predicted molar refractivity (Wildman–Crippen MR) is 114 cm³/mol. The van der Waals surface area contributed by atoms with Gasteiger partial charge in [-0.05, 0) is 56.7 Å². The van der Waals surface area contributed by atoms with E-state index in [4.69, 9.17) is 5.14 Å². The molecule has 0 aliphatic carbocycles. The zero-order chi connectivity index (χ0) is 23.0. The molecule has 1 heterocycles. The summed E-state index contributed by atoms with van der Waals surface area (Å²) in [5, 5.41) is 8.97. The van der Waals surface area contributed by atoms with Gasteiger partial charge in [0.2, 0.25) is 10.0 Å². The molecule has 10 heteroatoms. The van der Waals surface area contributed by atoms with Crippen LogP contribution in [0.2, 0.25) is 0 Å². The summed E-state index contributed by atoms with van der Waals surface area (Å²) in [7, 11) is -4.19. The van der Waals surface area contributed by atoms with Gasteiger partial charge in [-0.25, -0.2) is 18.2 Å². The largest absolute Gasteiger partial charge is 0.435 e. The first-order valence-corrected chi connectivity index (χ1v) is 11.2. The number of para-hydroxylation sites is 1. The Labute approximate surface area is 179 Å². The number of hydrogen-bond donors (Lipinski definition) is 1. The van der Waals surface area contributed by atoms with E-state index in [1.165, 1.54) is 24.3 Å².